The SMILES string of the molecule is CCC[C@@H](CC(C#N)(c1ccccc1)C1CCN(CC2CN(c3ccc(S(=O)(=O)c4ccncc4)cc3)C2)CC1)NC(=O)N(C)C. The number of carbonyl (C=O) groups is 1. The number of benzene rings is 2. The number of rotatable bonds is 12. The van der Waals surface area contributed by atoms with E-state index < -0.39 is 15.3 Å². The minimum Gasteiger partial charge on any atom is -0.371 e. The fourth-order valence-electron chi connectivity index (χ4n) is 7.08. The molecular formula is C36H46N6O3S. The van der Waals surface area contributed by atoms with Crippen molar-refractivity contribution in [3.63, 3.8) is 0 Å². The van der Waals surface area contributed by atoms with E-state index in [0.717, 1.165) is 69.7 Å². The molecule has 1 unspecified atom stereocenters. The van der Waals surface area contributed by atoms with Crippen LogP contribution < -0.4 is 10.2 Å². The van der Waals surface area contributed by atoms with Gasteiger partial charge in [0, 0.05) is 63.8 Å². The number of nitriles is 1. The number of nitrogens with zero attached hydrogens (tertiary/aromatic N) is 5. The second-order valence-electron chi connectivity index (χ2n) is 13.0. The van der Waals surface area contributed by atoms with Gasteiger partial charge in [-0.25, -0.2) is 13.2 Å². The normalized spacial score (nSPS) is 18.2. The summed E-state index contributed by atoms with van der Waals surface area (Å²) in [6.45, 7) is 6.90. The molecule has 2 aliphatic rings. The number of nitrogens with one attached hydrogen (secondary N) is 1. The lowest BCUT2D eigenvalue weighted by Crippen LogP contribution is -2.53. The van der Waals surface area contributed by atoms with Crippen molar-refractivity contribution in [1.82, 2.24) is 20.1 Å². The molecule has 46 heavy (non-hydrogen) atoms. The number of hydrogen-bond donors (Lipinski definition) is 1. The van der Waals surface area contributed by atoms with E-state index in [1.165, 1.54) is 24.5 Å². The zero-order valence-corrected chi connectivity index (χ0v) is 28.0. The van der Waals surface area contributed by atoms with E-state index in [-0.39, 0.29) is 27.8 Å². The minimum atomic E-state index is -3.56. The molecule has 3 aromatic rings. The lowest BCUT2D eigenvalue weighted by Gasteiger charge is -2.46. The molecule has 0 spiro atoms. The summed E-state index contributed by atoms with van der Waals surface area (Å²) in [6.07, 6.45) is 7.22. The molecule has 9 nitrogen and oxygen atoms in total. The summed E-state index contributed by atoms with van der Waals surface area (Å²) in [4.78, 5) is 23.5. The molecule has 1 aromatic heterocycles. The summed E-state index contributed by atoms with van der Waals surface area (Å²) >= 11 is 0. The van der Waals surface area contributed by atoms with Crippen LogP contribution in [0, 0.1) is 23.2 Å². The van der Waals surface area contributed by atoms with E-state index in [0.29, 0.717) is 12.3 Å². The first-order valence-electron chi connectivity index (χ1n) is 16.3. The van der Waals surface area contributed by atoms with Gasteiger partial charge in [-0.1, -0.05) is 43.7 Å². The zero-order chi connectivity index (χ0) is 32.7. The number of likely N-dealkylation sites (tertiary alicyclic amines) is 1. The third kappa shape index (κ3) is 7.37. The third-order valence-electron chi connectivity index (χ3n) is 9.66. The standard InChI is InChI=1S/C36H46N6O3S/c1-4-8-31(39-35(43)40(2)3)23-36(27-37,29-9-6-5-7-10-29)30-17-21-41(22-18-30)24-28-25-42(26-28)32-11-13-33(14-12-32)46(44,45)34-15-19-38-20-16-34/h5-7,9-16,19-20,28,30-31H,4,8,17-18,21-26H2,1-3H3,(H,39,43)/t31-,36?/m0/s1. The van der Waals surface area contributed by atoms with Crippen LogP contribution in [0.4, 0.5) is 10.5 Å². The molecule has 2 fully saturated rings. The largest absolute Gasteiger partial charge is 0.371 e. The first kappa shape index (κ1) is 33.4. The molecule has 244 valence electrons. The van der Waals surface area contributed by atoms with Crippen LogP contribution in [0.15, 0.2) is 88.9 Å². The quantitative estimate of drug-likeness (QED) is 0.284. The van der Waals surface area contributed by atoms with Crippen molar-refractivity contribution >= 4 is 21.6 Å². The summed E-state index contributed by atoms with van der Waals surface area (Å²) in [5.74, 6) is 0.744. The second-order valence-corrected chi connectivity index (χ2v) is 15.0. The Morgan fingerprint density at radius 1 is 1.02 bits per heavy atom. The van der Waals surface area contributed by atoms with Crippen molar-refractivity contribution in [3.8, 4) is 6.07 Å². The van der Waals surface area contributed by atoms with Gasteiger partial charge < -0.3 is 20.0 Å². The number of piperidine rings is 1. The molecule has 0 radical (unpaired) electrons. The van der Waals surface area contributed by atoms with E-state index in [2.05, 4.69) is 45.2 Å². The van der Waals surface area contributed by atoms with Crippen LogP contribution >= 0.6 is 0 Å². The predicted octanol–water partition coefficient (Wildman–Crippen LogP) is 5.35. The Morgan fingerprint density at radius 2 is 1.65 bits per heavy atom. The Bertz CT molecular complexity index is 1580. The maximum absolute atomic E-state index is 12.9. The van der Waals surface area contributed by atoms with Crippen molar-refractivity contribution in [3.05, 3.63) is 84.7 Å². The topological polar surface area (TPSA) is 110 Å². The van der Waals surface area contributed by atoms with Crippen LogP contribution in [0.25, 0.3) is 0 Å². The van der Waals surface area contributed by atoms with Gasteiger partial charge in [-0.05, 0) is 86.7 Å². The van der Waals surface area contributed by atoms with Gasteiger partial charge in [0.05, 0.1) is 21.3 Å². The molecule has 1 N–H and O–H groups in total. The van der Waals surface area contributed by atoms with Gasteiger partial charge in [-0.15, -0.1) is 0 Å². The molecule has 10 heteroatoms. The Labute approximate surface area is 274 Å². The summed E-state index contributed by atoms with van der Waals surface area (Å²) in [7, 11) is -0.0640. The van der Waals surface area contributed by atoms with Crippen molar-refractivity contribution in [2.75, 3.05) is 51.7 Å². The van der Waals surface area contributed by atoms with Gasteiger partial charge in [-0.2, -0.15) is 5.26 Å². The monoisotopic (exact) mass is 642 g/mol. The van der Waals surface area contributed by atoms with E-state index in [1.807, 2.05) is 30.3 Å². The average molecular weight is 643 g/mol. The van der Waals surface area contributed by atoms with Crippen LogP contribution in [0.5, 0.6) is 0 Å². The van der Waals surface area contributed by atoms with E-state index in [4.69, 9.17) is 0 Å². The molecule has 0 bridgehead atoms. The van der Waals surface area contributed by atoms with Gasteiger partial charge in [0.25, 0.3) is 0 Å². The van der Waals surface area contributed by atoms with Crippen molar-refractivity contribution in [2.24, 2.45) is 11.8 Å². The van der Waals surface area contributed by atoms with Gasteiger partial charge in [0.15, 0.2) is 0 Å². The third-order valence-corrected chi connectivity index (χ3v) is 11.4. The lowest BCUT2D eigenvalue weighted by molar-refractivity contribution is 0.116. The van der Waals surface area contributed by atoms with Crippen LogP contribution in [0.3, 0.4) is 0 Å². The van der Waals surface area contributed by atoms with Gasteiger partial charge in [-0.3, -0.25) is 4.98 Å². The highest BCUT2D eigenvalue weighted by atomic mass is 32.2. The number of hydrogen-bond acceptors (Lipinski definition) is 7. The fourth-order valence-corrected chi connectivity index (χ4v) is 8.33. The number of sulfone groups is 1. The van der Waals surface area contributed by atoms with Gasteiger partial charge >= 0.3 is 6.03 Å². The number of amides is 2. The average Bonchev–Trinajstić information content (AvgIpc) is 3.06. The second kappa shape index (κ2) is 14.7. The summed E-state index contributed by atoms with van der Waals surface area (Å²) in [5.41, 5.74) is 1.41. The van der Waals surface area contributed by atoms with Gasteiger partial charge in [0.2, 0.25) is 9.84 Å². The first-order chi connectivity index (χ1) is 22.2. The van der Waals surface area contributed by atoms with Crippen molar-refractivity contribution < 1.29 is 13.2 Å². The molecule has 3 heterocycles. The molecular weight excluding hydrogens is 597 g/mol. The first-order valence-corrected chi connectivity index (χ1v) is 17.8. The molecule has 0 saturated carbocycles. The van der Waals surface area contributed by atoms with Crippen molar-refractivity contribution in [1.29, 1.82) is 5.26 Å². The van der Waals surface area contributed by atoms with Crippen LogP contribution in [0.2, 0.25) is 0 Å². The Balaban J connectivity index is 1.18. The maximum atomic E-state index is 12.9. The number of urea groups is 1. The summed E-state index contributed by atoms with van der Waals surface area (Å²) in [5, 5.41) is 14.0. The highest BCUT2D eigenvalue weighted by Crippen LogP contribution is 2.43. The molecule has 5 rings (SSSR count). The van der Waals surface area contributed by atoms with E-state index >= 15 is 0 Å². The summed E-state index contributed by atoms with van der Waals surface area (Å²) < 4.78 is 25.8. The Morgan fingerprint density at radius 3 is 2.24 bits per heavy atom. The Hall–Kier alpha value is -3.94. The summed E-state index contributed by atoms with van der Waals surface area (Å²) in [6, 6.07) is 23.0. The van der Waals surface area contributed by atoms with Crippen LogP contribution in [0.1, 0.15) is 44.6 Å². The molecule has 2 amide bonds. The van der Waals surface area contributed by atoms with E-state index in [1.54, 1.807) is 31.1 Å². The zero-order valence-electron chi connectivity index (χ0n) is 27.2. The van der Waals surface area contributed by atoms with Crippen LogP contribution in [-0.4, -0.2) is 82.1 Å². The highest BCUT2D eigenvalue weighted by molar-refractivity contribution is 7.91. The van der Waals surface area contributed by atoms with Crippen LogP contribution in [-0.2, 0) is 15.3 Å². The molecule has 2 saturated heterocycles. The van der Waals surface area contributed by atoms with Gasteiger partial charge in [0.1, 0.15) is 0 Å². The number of carbonyl (C=O) groups excluding carboxylic acids is 1. The highest BCUT2D eigenvalue weighted by Gasteiger charge is 2.44. The number of anilines is 1. The fraction of sp³-hybridized carbons (Fsp3) is 0.472. The molecule has 2 aliphatic heterocycles. The maximum Gasteiger partial charge on any atom is 0.317 e. The molecule has 2 aromatic carbocycles. The lowest BCUT2D eigenvalue weighted by atomic mass is 9.64. The van der Waals surface area contributed by atoms with Crippen molar-refractivity contribution in [2.45, 2.75) is 60.3 Å². The Kier molecular flexibility index (Phi) is 10.6. The smallest absolute Gasteiger partial charge is 0.317 e. The number of aromatic nitrogens is 1. The minimum absolute atomic E-state index is 0.0800. The van der Waals surface area contributed by atoms with E-state index in [9.17, 15) is 18.5 Å². The number of pyridine rings is 1. The molecule has 2 atom stereocenters. The molecule has 0 aliphatic carbocycles. The predicted molar refractivity (Wildman–Crippen MR) is 180 cm³/mol.